The molecule has 0 spiro atoms. The number of furan rings is 1. The highest BCUT2D eigenvalue weighted by molar-refractivity contribution is 7.14. The summed E-state index contributed by atoms with van der Waals surface area (Å²) in [6.07, 6.45) is 1.53. The number of carbonyl (C=O) groups excluding carboxylic acids is 1. The Balaban J connectivity index is 1.52. The van der Waals surface area contributed by atoms with Gasteiger partial charge in [-0.1, -0.05) is 22.9 Å². The first kappa shape index (κ1) is 16.3. The number of hydrogen-bond acceptors (Lipinski definition) is 6. The fourth-order valence-corrected chi connectivity index (χ4v) is 3.25. The van der Waals surface area contributed by atoms with Crippen LogP contribution >= 0.6 is 11.3 Å². The molecule has 0 aliphatic carbocycles. The molecule has 4 aromatic rings. The smallest absolute Gasteiger partial charge is 0.279 e. The molecule has 0 aliphatic rings. The van der Waals surface area contributed by atoms with E-state index in [0.717, 1.165) is 22.4 Å². The van der Waals surface area contributed by atoms with Gasteiger partial charge < -0.3 is 8.94 Å². The molecule has 7 heteroatoms. The maximum absolute atomic E-state index is 12.4. The Bertz CT molecular complexity index is 1060. The van der Waals surface area contributed by atoms with E-state index < -0.39 is 0 Å². The lowest BCUT2D eigenvalue weighted by Crippen LogP contribution is -2.11. The molecule has 3 heterocycles. The number of anilines is 1. The molecule has 0 unspecified atom stereocenters. The molecule has 0 fully saturated rings. The van der Waals surface area contributed by atoms with E-state index in [4.69, 9.17) is 8.94 Å². The van der Waals surface area contributed by atoms with Gasteiger partial charge in [-0.2, -0.15) is 0 Å². The van der Waals surface area contributed by atoms with Crippen LogP contribution in [0.1, 0.15) is 21.6 Å². The van der Waals surface area contributed by atoms with Crippen LogP contribution in [0.5, 0.6) is 0 Å². The highest BCUT2D eigenvalue weighted by Crippen LogP contribution is 2.28. The van der Waals surface area contributed by atoms with Crippen LogP contribution in [0.25, 0.3) is 22.8 Å². The number of aromatic nitrogens is 2. The monoisotopic (exact) mass is 365 g/mol. The van der Waals surface area contributed by atoms with Gasteiger partial charge in [0.1, 0.15) is 0 Å². The first-order chi connectivity index (χ1) is 12.6. The van der Waals surface area contributed by atoms with Gasteiger partial charge in [0.2, 0.25) is 5.76 Å². The average Bonchev–Trinajstić information content (AvgIpc) is 3.37. The van der Waals surface area contributed by atoms with Crippen LogP contribution in [0.4, 0.5) is 5.13 Å². The molecule has 1 aromatic carbocycles. The molecule has 6 nitrogen and oxygen atoms in total. The van der Waals surface area contributed by atoms with Crippen LogP contribution in [0.15, 0.2) is 57.0 Å². The Labute approximate surface area is 153 Å². The minimum absolute atomic E-state index is 0.167. The van der Waals surface area contributed by atoms with Crippen molar-refractivity contribution in [3.05, 3.63) is 64.9 Å². The van der Waals surface area contributed by atoms with Crippen LogP contribution < -0.4 is 5.32 Å². The van der Waals surface area contributed by atoms with Gasteiger partial charge in [0.15, 0.2) is 16.6 Å². The molecule has 3 aromatic heterocycles. The van der Waals surface area contributed by atoms with Crippen LogP contribution in [0.3, 0.4) is 0 Å². The van der Waals surface area contributed by atoms with Crippen LogP contribution in [-0.4, -0.2) is 16.0 Å². The molecule has 26 heavy (non-hydrogen) atoms. The summed E-state index contributed by atoms with van der Waals surface area (Å²) in [4.78, 5) is 16.9. The van der Waals surface area contributed by atoms with E-state index in [1.807, 2.05) is 19.2 Å². The molecular weight excluding hydrogens is 350 g/mol. The summed E-state index contributed by atoms with van der Waals surface area (Å²) in [7, 11) is 0. The Hall–Kier alpha value is -3.19. The van der Waals surface area contributed by atoms with E-state index in [2.05, 4.69) is 33.7 Å². The van der Waals surface area contributed by atoms with Gasteiger partial charge in [-0.05, 0) is 37.6 Å². The quantitative estimate of drug-likeness (QED) is 0.555. The topological polar surface area (TPSA) is 81.2 Å². The summed E-state index contributed by atoms with van der Waals surface area (Å²) in [5.41, 5.74) is 4.36. The second-order valence-corrected chi connectivity index (χ2v) is 6.72. The molecule has 0 bridgehead atoms. The summed E-state index contributed by atoms with van der Waals surface area (Å²) in [5.74, 6) is 0.534. The number of carbonyl (C=O) groups is 1. The Morgan fingerprint density at radius 3 is 2.85 bits per heavy atom. The van der Waals surface area contributed by atoms with Crippen molar-refractivity contribution in [2.75, 3.05) is 5.32 Å². The predicted molar refractivity (Wildman–Crippen MR) is 99.2 cm³/mol. The molecule has 1 amide bonds. The molecule has 4 rings (SSSR count). The molecule has 0 saturated heterocycles. The van der Waals surface area contributed by atoms with Gasteiger partial charge in [-0.3, -0.25) is 10.1 Å². The third-order valence-electron chi connectivity index (χ3n) is 3.90. The summed E-state index contributed by atoms with van der Waals surface area (Å²) < 4.78 is 10.4. The maximum Gasteiger partial charge on any atom is 0.279 e. The first-order valence-electron chi connectivity index (χ1n) is 7.95. The number of nitrogens with zero attached hydrogens (tertiary/aromatic N) is 2. The van der Waals surface area contributed by atoms with Crippen molar-refractivity contribution in [3.63, 3.8) is 0 Å². The highest BCUT2D eigenvalue weighted by atomic mass is 32.1. The van der Waals surface area contributed by atoms with Crippen LogP contribution in [-0.2, 0) is 0 Å². The number of thiazole rings is 1. The molecule has 0 radical (unpaired) electrons. The number of benzene rings is 1. The minimum Gasteiger partial charge on any atom is -0.461 e. The largest absolute Gasteiger partial charge is 0.461 e. The Morgan fingerprint density at radius 1 is 1.15 bits per heavy atom. The van der Waals surface area contributed by atoms with E-state index >= 15 is 0 Å². The van der Waals surface area contributed by atoms with E-state index in [9.17, 15) is 4.79 Å². The van der Waals surface area contributed by atoms with E-state index in [0.29, 0.717) is 16.7 Å². The number of hydrogen-bond donors (Lipinski definition) is 1. The standard InChI is InChI=1S/C19H15N3O3S/c1-11-5-6-12(2)13(8-11)15-10-26-19(20-15)21-18(23)14-9-17(25-22-14)16-4-3-7-24-16/h3-10H,1-2H3,(H,20,21,23). The van der Waals surface area contributed by atoms with Crippen LogP contribution in [0, 0.1) is 13.8 Å². The van der Waals surface area contributed by atoms with Gasteiger partial charge in [0, 0.05) is 17.0 Å². The van der Waals surface area contributed by atoms with Gasteiger partial charge in [-0.15, -0.1) is 11.3 Å². The fraction of sp³-hybridized carbons (Fsp3) is 0.105. The van der Waals surface area contributed by atoms with Crippen LogP contribution in [0.2, 0.25) is 0 Å². The van der Waals surface area contributed by atoms with Crippen molar-refractivity contribution in [2.45, 2.75) is 13.8 Å². The number of aryl methyl sites for hydroxylation is 2. The lowest BCUT2D eigenvalue weighted by atomic mass is 10.0. The molecular formula is C19H15N3O3S. The predicted octanol–water partition coefficient (Wildman–Crippen LogP) is 4.93. The first-order valence-corrected chi connectivity index (χ1v) is 8.83. The normalized spacial score (nSPS) is 10.8. The second-order valence-electron chi connectivity index (χ2n) is 5.86. The van der Waals surface area contributed by atoms with Crippen molar-refractivity contribution < 1.29 is 13.7 Å². The third-order valence-corrected chi connectivity index (χ3v) is 4.66. The summed E-state index contributed by atoms with van der Waals surface area (Å²) >= 11 is 1.37. The summed E-state index contributed by atoms with van der Waals surface area (Å²) in [6.45, 7) is 4.08. The van der Waals surface area contributed by atoms with Gasteiger partial charge in [0.05, 0.1) is 12.0 Å². The van der Waals surface area contributed by atoms with Gasteiger partial charge in [-0.25, -0.2) is 4.98 Å². The van der Waals surface area contributed by atoms with Crippen molar-refractivity contribution in [1.29, 1.82) is 0 Å². The van der Waals surface area contributed by atoms with E-state index in [1.54, 1.807) is 12.1 Å². The molecule has 0 atom stereocenters. The SMILES string of the molecule is Cc1ccc(C)c(-c2csc(NC(=O)c3cc(-c4ccco4)on3)n2)c1. The Kier molecular flexibility index (Phi) is 4.14. The average molecular weight is 365 g/mol. The summed E-state index contributed by atoms with van der Waals surface area (Å²) in [6, 6.07) is 11.2. The van der Waals surface area contributed by atoms with Gasteiger partial charge in [0.25, 0.3) is 5.91 Å². The van der Waals surface area contributed by atoms with E-state index in [1.165, 1.54) is 23.7 Å². The lowest BCUT2D eigenvalue weighted by molar-refractivity contribution is 0.101. The summed E-state index contributed by atoms with van der Waals surface area (Å²) in [5, 5.41) is 8.98. The second kappa shape index (κ2) is 6.61. The Morgan fingerprint density at radius 2 is 2.04 bits per heavy atom. The van der Waals surface area contributed by atoms with Crippen molar-refractivity contribution in [1.82, 2.24) is 10.1 Å². The highest BCUT2D eigenvalue weighted by Gasteiger charge is 2.17. The maximum atomic E-state index is 12.4. The molecule has 0 aliphatic heterocycles. The fourth-order valence-electron chi connectivity index (χ4n) is 2.54. The zero-order chi connectivity index (χ0) is 18.1. The van der Waals surface area contributed by atoms with Gasteiger partial charge >= 0.3 is 0 Å². The minimum atomic E-state index is -0.381. The molecule has 130 valence electrons. The number of rotatable bonds is 4. The molecule has 0 saturated carbocycles. The number of nitrogens with one attached hydrogen (secondary N) is 1. The van der Waals surface area contributed by atoms with Crippen molar-refractivity contribution in [2.24, 2.45) is 0 Å². The zero-order valence-electron chi connectivity index (χ0n) is 14.1. The van der Waals surface area contributed by atoms with Crippen molar-refractivity contribution >= 4 is 22.4 Å². The number of amides is 1. The lowest BCUT2D eigenvalue weighted by Gasteiger charge is -2.03. The van der Waals surface area contributed by atoms with Crippen molar-refractivity contribution in [3.8, 4) is 22.8 Å². The zero-order valence-corrected chi connectivity index (χ0v) is 15.0. The third kappa shape index (κ3) is 3.16. The van der Waals surface area contributed by atoms with E-state index in [-0.39, 0.29) is 11.6 Å². The molecule has 1 N–H and O–H groups in total.